The summed E-state index contributed by atoms with van der Waals surface area (Å²) in [6.45, 7) is 1.22. The molecule has 0 unspecified atom stereocenters. The number of carbonyl (C=O) groups excluding carboxylic acids is 2. The normalized spacial score (nSPS) is 13.7. The number of fused-ring (bicyclic) bond motifs is 1. The fourth-order valence-corrected chi connectivity index (χ4v) is 3.54. The van der Waals surface area contributed by atoms with Crippen LogP contribution in [0.5, 0.6) is 5.75 Å². The van der Waals surface area contributed by atoms with Gasteiger partial charge in [-0.2, -0.15) is 0 Å². The number of carbonyl (C=O) groups is 2. The minimum Gasteiger partial charge on any atom is -0.423 e. The molecule has 1 aliphatic rings. The molecule has 1 heterocycles. The number of halogens is 1. The summed E-state index contributed by atoms with van der Waals surface area (Å²) in [5.41, 5.74) is 0.865. The molecule has 1 amide bonds. The van der Waals surface area contributed by atoms with Gasteiger partial charge in [-0.25, -0.2) is 17.6 Å². The average molecular weight is 392 g/mol. The predicted molar refractivity (Wildman–Crippen MR) is 97.0 cm³/mol. The Morgan fingerprint density at radius 1 is 1.22 bits per heavy atom. The molecule has 9 heteroatoms. The lowest BCUT2D eigenvalue weighted by atomic mass is 10.2. The molecule has 0 bridgehead atoms. The number of amides is 1. The first-order chi connectivity index (χ1) is 12.8. The summed E-state index contributed by atoms with van der Waals surface area (Å²) in [5, 5.41) is 2.61. The Morgan fingerprint density at radius 2 is 1.93 bits per heavy atom. The van der Waals surface area contributed by atoms with Crippen molar-refractivity contribution in [2.24, 2.45) is 0 Å². The van der Waals surface area contributed by atoms with E-state index in [-0.39, 0.29) is 29.5 Å². The third kappa shape index (κ3) is 4.25. The minimum absolute atomic E-state index is 0.0502. The molecule has 0 spiro atoms. The lowest BCUT2D eigenvalue weighted by molar-refractivity contribution is -0.133. The van der Waals surface area contributed by atoms with Gasteiger partial charge in [-0.1, -0.05) is 6.92 Å². The molecule has 142 valence electrons. The number of nitrogens with zero attached hydrogens (tertiary/aromatic N) is 1. The van der Waals surface area contributed by atoms with Crippen molar-refractivity contribution in [3.63, 3.8) is 0 Å². The molecule has 27 heavy (non-hydrogen) atoms. The van der Waals surface area contributed by atoms with Gasteiger partial charge < -0.3 is 15.0 Å². The van der Waals surface area contributed by atoms with E-state index in [0.29, 0.717) is 11.4 Å². The Balaban J connectivity index is 1.80. The van der Waals surface area contributed by atoms with Crippen molar-refractivity contribution in [2.45, 2.75) is 11.8 Å². The summed E-state index contributed by atoms with van der Waals surface area (Å²) in [4.78, 5) is 25.7. The molecular formula is C18H17FN2O5S. The van der Waals surface area contributed by atoms with Gasteiger partial charge in [-0.05, 0) is 36.4 Å². The topological polar surface area (TPSA) is 92.8 Å². The second kappa shape index (κ2) is 7.36. The molecule has 2 aromatic rings. The van der Waals surface area contributed by atoms with Crippen molar-refractivity contribution in [3.8, 4) is 5.75 Å². The number of rotatable bonds is 5. The fourth-order valence-electron chi connectivity index (χ4n) is 2.64. The van der Waals surface area contributed by atoms with Crippen molar-refractivity contribution in [1.29, 1.82) is 0 Å². The van der Waals surface area contributed by atoms with Crippen LogP contribution in [0.2, 0.25) is 0 Å². The summed E-state index contributed by atoms with van der Waals surface area (Å²) in [7, 11) is -3.45. The van der Waals surface area contributed by atoms with Crippen molar-refractivity contribution < 1.29 is 27.1 Å². The largest absolute Gasteiger partial charge is 0.423 e. The molecule has 2 aromatic carbocycles. The quantitative estimate of drug-likeness (QED) is 0.618. The van der Waals surface area contributed by atoms with Crippen LogP contribution < -0.4 is 15.0 Å². The van der Waals surface area contributed by atoms with Gasteiger partial charge in [-0.3, -0.25) is 4.79 Å². The summed E-state index contributed by atoms with van der Waals surface area (Å²) in [6, 6.07) is 9.51. The highest BCUT2D eigenvalue weighted by atomic mass is 32.2. The summed E-state index contributed by atoms with van der Waals surface area (Å²) < 4.78 is 42.1. The van der Waals surface area contributed by atoms with E-state index in [9.17, 15) is 22.4 Å². The van der Waals surface area contributed by atoms with Crippen LogP contribution in [0, 0.1) is 5.82 Å². The third-order valence-corrected chi connectivity index (χ3v) is 5.75. The Labute approximate surface area is 155 Å². The predicted octanol–water partition coefficient (Wildman–Crippen LogP) is 1.98. The van der Waals surface area contributed by atoms with E-state index in [0.717, 1.165) is 0 Å². The van der Waals surface area contributed by atoms with E-state index in [2.05, 4.69) is 5.32 Å². The Bertz CT molecular complexity index is 989. The molecule has 1 aliphatic heterocycles. The smallest absolute Gasteiger partial charge is 0.331 e. The first kappa shape index (κ1) is 18.8. The SMILES string of the molecule is CCS(=O)(=O)c1ccc2c(c1)OC(=O)CN2CC(=O)Nc1ccc(F)cc1. The fraction of sp³-hybridized carbons (Fsp3) is 0.222. The van der Waals surface area contributed by atoms with Crippen LogP contribution in [0.3, 0.4) is 0 Å². The van der Waals surface area contributed by atoms with Crippen LogP contribution in [-0.4, -0.2) is 39.1 Å². The first-order valence-electron chi connectivity index (χ1n) is 8.16. The maximum Gasteiger partial charge on any atom is 0.331 e. The lowest BCUT2D eigenvalue weighted by Crippen LogP contribution is -2.41. The van der Waals surface area contributed by atoms with Crippen LogP contribution >= 0.6 is 0 Å². The van der Waals surface area contributed by atoms with E-state index < -0.39 is 27.5 Å². The van der Waals surface area contributed by atoms with E-state index in [1.54, 1.807) is 0 Å². The molecule has 0 aliphatic carbocycles. The average Bonchev–Trinajstić information content (AvgIpc) is 2.63. The van der Waals surface area contributed by atoms with Gasteiger partial charge in [0.25, 0.3) is 0 Å². The summed E-state index contributed by atoms with van der Waals surface area (Å²) in [5.74, 6) is -1.41. The zero-order valence-electron chi connectivity index (χ0n) is 14.4. The Morgan fingerprint density at radius 3 is 2.59 bits per heavy atom. The third-order valence-electron chi connectivity index (χ3n) is 4.02. The number of hydrogen-bond acceptors (Lipinski definition) is 6. The highest BCUT2D eigenvalue weighted by molar-refractivity contribution is 7.91. The van der Waals surface area contributed by atoms with Gasteiger partial charge in [0.15, 0.2) is 15.6 Å². The van der Waals surface area contributed by atoms with E-state index in [4.69, 9.17) is 4.74 Å². The zero-order chi connectivity index (χ0) is 19.6. The number of sulfone groups is 1. The van der Waals surface area contributed by atoms with Crippen LogP contribution in [0.25, 0.3) is 0 Å². The highest BCUT2D eigenvalue weighted by Crippen LogP contribution is 2.34. The summed E-state index contributed by atoms with van der Waals surface area (Å²) in [6.07, 6.45) is 0. The zero-order valence-corrected chi connectivity index (χ0v) is 15.3. The van der Waals surface area contributed by atoms with Crippen LogP contribution in [0.4, 0.5) is 15.8 Å². The maximum atomic E-state index is 12.9. The number of benzene rings is 2. The monoisotopic (exact) mass is 392 g/mol. The van der Waals surface area contributed by atoms with Gasteiger partial charge in [0, 0.05) is 11.8 Å². The maximum absolute atomic E-state index is 12.9. The molecule has 0 saturated carbocycles. The summed E-state index contributed by atoms with van der Waals surface area (Å²) >= 11 is 0. The molecule has 0 saturated heterocycles. The van der Waals surface area contributed by atoms with Crippen LogP contribution in [-0.2, 0) is 19.4 Å². The second-order valence-electron chi connectivity index (χ2n) is 5.92. The van der Waals surface area contributed by atoms with Crippen molar-refractivity contribution >= 4 is 33.1 Å². The lowest BCUT2D eigenvalue weighted by Gasteiger charge is -2.29. The van der Waals surface area contributed by atoms with E-state index in [1.165, 1.54) is 54.3 Å². The van der Waals surface area contributed by atoms with Gasteiger partial charge >= 0.3 is 5.97 Å². The standard InChI is InChI=1S/C18H17FN2O5S/c1-2-27(24,25)14-7-8-15-16(9-14)26-18(23)11-21(15)10-17(22)20-13-5-3-12(19)4-6-13/h3-9H,2,10-11H2,1H3,(H,20,22). The second-order valence-corrected chi connectivity index (χ2v) is 8.20. The molecule has 3 rings (SSSR count). The van der Waals surface area contributed by atoms with Gasteiger partial charge in [-0.15, -0.1) is 0 Å². The first-order valence-corrected chi connectivity index (χ1v) is 9.81. The Kier molecular flexibility index (Phi) is 5.13. The van der Waals surface area contributed by atoms with Crippen LogP contribution in [0.1, 0.15) is 6.92 Å². The van der Waals surface area contributed by atoms with Gasteiger partial charge in [0.05, 0.1) is 22.9 Å². The molecule has 7 nitrogen and oxygen atoms in total. The van der Waals surface area contributed by atoms with Crippen molar-refractivity contribution in [3.05, 3.63) is 48.3 Å². The van der Waals surface area contributed by atoms with E-state index >= 15 is 0 Å². The molecule has 0 fully saturated rings. The number of esters is 1. The minimum atomic E-state index is -3.45. The number of nitrogens with one attached hydrogen (secondary N) is 1. The molecule has 0 atom stereocenters. The van der Waals surface area contributed by atoms with Crippen LogP contribution in [0.15, 0.2) is 47.4 Å². The Hall–Kier alpha value is -2.94. The number of anilines is 2. The molecule has 0 radical (unpaired) electrons. The van der Waals surface area contributed by atoms with Gasteiger partial charge in [0.2, 0.25) is 5.91 Å². The number of ether oxygens (including phenoxy) is 1. The molecule has 0 aromatic heterocycles. The van der Waals surface area contributed by atoms with Crippen molar-refractivity contribution in [2.75, 3.05) is 29.1 Å². The van der Waals surface area contributed by atoms with Gasteiger partial charge in [0.1, 0.15) is 12.4 Å². The number of hydrogen-bond donors (Lipinski definition) is 1. The molecule has 1 N–H and O–H groups in total. The van der Waals surface area contributed by atoms with E-state index in [1.807, 2.05) is 0 Å². The molecular weight excluding hydrogens is 375 g/mol. The van der Waals surface area contributed by atoms with Crippen molar-refractivity contribution in [1.82, 2.24) is 0 Å². The highest BCUT2D eigenvalue weighted by Gasteiger charge is 2.27.